The van der Waals surface area contributed by atoms with Gasteiger partial charge in [-0.2, -0.15) is 0 Å². The summed E-state index contributed by atoms with van der Waals surface area (Å²) in [7, 11) is -2.71. The zero-order valence-electron chi connectivity index (χ0n) is 15.9. The number of esters is 1. The van der Waals surface area contributed by atoms with E-state index in [0.29, 0.717) is 0 Å². The number of halogens is 2. The number of hydrogen-bond acceptors (Lipinski definition) is 5. The third-order valence-corrected chi connectivity index (χ3v) is 6.70. The maximum Gasteiger partial charge on any atom is 0.337 e. The molecule has 0 bridgehead atoms. The van der Waals surface area contributed by atoms with Crippen LogP contribution in [-0.4, -0.2) is 46.0 Å². The zero-order chi connectivity index (χ0) is 21.0. The minimum absolute atomic E-state index is 0.0502. The summed E-state index contributed by atoms with van der Waals surface area (Å²) in [5.41, 5.74) is 0.408. The Bertz CT molecular complexity index is 973. The summed E-state index contributed by atoms with van der Waals surface area (Å²) in [5, 5.41) is 0.258. The summed E-state index contributed by atoms with van der Waals surface area (Å²) in [4.78, 5) is 13.6. The lowest BCUT2D eigenvalue weighted by molar-refractivity contribution is 0.0600. The Morgan fingerprint density at radius 3 is 2.59 bits per heavy atom. The lowest BCUT2D eigenvalue weighted by Crippen LogP contribution is -2.37. The van der Waals surface area contributed by atoms with Crippen molar-refractivity contribution in [1.29, 1.82) is 0 Å². The van der Waals surface area contributed by atoms with Gasteiger partial charge in [0.15, 0.2) is 0 Å². The van der Waals surface area contributed by atoms with E-state index in [9.17, 15) is 17.6 Å². The van der Waals surface area contributed by atoms with Crippen molar-refractivity contribution in [3.63, 3.8) is 0 Å². The fourth-order valence-electron chi connectivity index (χ4n) is 3.48. The fourth-order valence-corrected chi connectivity index (χ4v) is 4.85. The van der Waals surface area contributed by atoms with Crippen LogP contribution >= 0.6 is 11.6 Å². The first kappa shape index (κ1) is 21.7. The van der Waals surface area contributed by atoms with Crippen LogP contribution in [0, 0.1) is 5.82 Å². The Morgan fingerprint density at radius 1 is 1.24 bits per heavy atom. The van der Waals surface area contributed by atoms with Crippen LogP contribution < -0.4 is 4.72 Å². The van der Waals surface area contributed by atoms with E-state index in [1.54, 1.807) is 6.07 Å². The number of nitrogens with one attached hydrogen (secondary N) is 1. The monoisotopic (exact) mass is 440 g/mol. The van der Waals surface area contributed by atoms with E-state index in [1.165, 1.54) is 43.5 Å². The molecule has 3 rings (SSSR count). The van der Waals surface area contributed by atoms with Gasteiger partial charge in [-0.1, -0.05) is 23.7 Å². The number of sulfonamides is 1. The quantitative estimate of drug-likeness (QED) is 0.668. The molecule has 6 nitrogen and oxygen atoms in total. The van der Waals surface area contributed by atoms with Crippen molar-refractivity contribution >= 4 is 27.6 Å². The maximum atomic E-state index is 14.5. The molecular weight excluding hydrogens is 419 g/mol. The van der Waals surface area contributed by atoms with Gasteiger partial charge in [-0.05, 0) is 56.3 Å². The highest BCUT2D eigenvalue weighted by Crippen LogP contribution is 2.32. The fraction of sp³-hybridized carbons (Fsp3) is 0.350. The van der Waals surface area contributed by atoms with E-state index < -0.39 is 27.9 Å². The average Bonchev–Trinajstić information content (AvgIpc) is 3.24. The second-order valence-corrected chi connectivity index (χ2v) is 8.94. The molecule has 156 valence electrons. The van der Waals surface area contributed by atoms with E-state index in [2.05, 4.69) is 9.46 Å². The van der Waals surface area contributed by atoms with Gasteiger partial charge in [-0.25, -0.2) is 22.3 Å². The van der Waals surface area contributed by atoms with Crippen molar-refractivity contribution in [2.75, 3.05) is 26.7 Å². The Morgan fingerprint density at radius 2 is 1.93 bits per heavy atom. The minimum atomic E-state index is -3.93. The summed E-state index contributed by atoms with van der Waals surface area (Å²) in [5.74, 6) is -1.10. The average molecular weight is 441 g/mol. The summed E-state index contributed by atoms with van der Waals surface area (Å²) >= 11 is 6.25. The molecule has 0 aromatic heterocycles. The molecule has 0 radical (unpaired) electrons. The molecule has 2 aromatic carbocycles. The molecule has 9 heteroatoms. The van der Waals surface area contributed by atoms with Gasteiger partial charge in [0, 0.05) is 17.1 Å². The zero-order valence-corrected chi connectivity index (χ0v) is 17.5. The number of rotatable bonds is 7. The van der Waals surface area contributed by atoms with E-state index >= 15 is 0 Å². The molecule has 0 spiro atoms. The van der Waals surface area contributed by atoms with Crippen LogP contribution in [0.3, 0.4) is 0 Å². The molecule has 1 saturated heterocycles. The molecule has 1 aliphatic rings. The highest BCUT2D eigenvalue weighted by Gasteiger charge is 2.29. The van der Waals surface area contributed by atoms with Gasteiger partial charge in [0.25, 0.3) is 0 Å². The predicted molar refractivity (Wildman–Crippen MR) is 108 cm³/mol. The van der Waals surface area contributed by atoms with Crippen LogP contribution in [-0.2, 0) is 14.8 Å². The molecule has 1 N–H and O–H groups in total. The smallest absolute Gasteiger partial charge is 0.337 e. The lowest BCUT2D eigenvalue weighted by Gasteiger charge is -2.29. The minimum Gasteiger partial charge on any atom is -0.465 e. The standard InChI is InChI=1S/C20H22ClFN2O4S/c1-28-20(25)14-6-4-7-15(12-14)29(26,27)23-13-18(24-10-2-3-11-24)19-16(21)8-5-9-17(19)22/h4-9,12,18,23H,2-3,10-11,13H2,1H3. The number of ether oxygens (including phenoxy) is 1. The van der Waals surface area contributed by atoms with Crippen LogP contribution in [0.2, 0.25) is 5.02 Å². The highest BCUT2D eigenvalue weighted by atomic mass is 35.5. The molecule has 0 saturated carbocycles. The number of carbonyl (C=O) groups is 1. The Labute approximate surface area is 174 Å². The molecule has 1 fully saturated rings. The summed E-state index contributed by atoms with van der Waals surface area (Å²) < 4.78 is 47.3. The van der Waals surface area contributed by atoms with E-state index in [-0.39, 0.29) is 27.6 Å². The lowest BCUT2D eigenvalue weighted by atomic mass is 10.0. The second-order valence-electron chi connectivity index (χ2n) is 6.77. The molecule has 0 aliphatic carbocycles. The molecule has 1 atom stereocenters. The van der Waals surface area contributed by atoms with Crippen LogP contribution in [0.15, 0.2) is 47.4 Å². The molecule has 1 heterocycles. The third-order valence-electron chi connectivity index (χ3n) is 4.95. The van der Waals surface area contributed by atoms with E-state index in [0.717, 1.165) is 25.9 Å². The molecular formula is C20H22ClFN2O4S. The van der Waals surface area contributed by atoms with Gasteiger partial charge in [0.2, 0.25) is 10.0 Å². The van der Waals surface area contributed by atoms with Crippen molar-refractivity contribution in [1.82, 2.24) is 9.62 Å². The summed E-state index contributed by atoms with van der Waals surface area (Å²) in [6.07, 6.45) is 1.91. The maximum absolute atomic E-state index is 14.5. The molecule has 1 aliphatic heterocycles. The van der Waals surface area contributed by atoms with Gasteiger partial charge in [0.1, 0.15) is 5.82 Å². The number of hydrogen-bond donors (Lipinski definition) is 1. The van der Waals surface area contributed by atoms with Crippen molar-refractivity contribution < 1.29 is 22.3 Å². The highest BCUT2D eigenvalue weighted by molar-refractivity contribution is 7.89. The van der Waals surface area contributed by atoms with Crippen molar-refractivity contribution in [2.24, 2.45) is 0 Å². The predicted octanol–water partition coefficient (Wildman–Crippen LogP) is 3.38. The van der Waals surface area contributed by atoms with Crippen LogP contribution in [0.1, 0.15) is 34.8 Å². The van der Waals surface area contributed by atoms with Crippen LogP contribution in [0.5, 0.6) is 0 Å². The summed E-state index contributed by atoms with van der Waals surface area (Å²) in [6.45, 7) is 1.41. The Balaban J connectivity index is 1.86. The first-order valence-electron chi connectivity index (χ1n) is 9.19. The topological polar surface area (TPSA) is 75.7 Å². The van der Waals surface area contributed by atoms with E-state index in [1.807, 2.05) is 4.90 Å². The van der Waals surface area contributed by atoms with E-state index in [4.69, 9.17) is 11.6 Å². The largest absolute Gasteiger partial charge is 0.465 e. The van der Waals surface area contributed by atoms with Gasteiger partial charge < -0.3 is 4.74 Å². The SMILES string of the molecule is COC(=O)c1cccc(S(=O)(=O)NCC(c2c(F)cccc2Cl)N2CCCC2)c1. The van der Waals surface area contributed by atoms with Gasteiger partial charge in [-0.15, -0.1) is 0 Å². The van der Waals surface area contributed by atoms with Gasteiger partial charge in [0.05, 0.1) is 23.6 Å². The van der Waals surface area contributed by atoms with Crippen LogP contribution in [0.25, 0.3) is 0 Å². The number of likely N-dealkylation sites (tertiary alicyclic amines) is 1. The normalized spacial score (nSPS) is 16.0. The van der Waals surface area contributed by atoms with Gasteiger partial charge in [-0.3, -0.25) is 4.90 Å². The first-order chi connectivity index (χ1) is 13.8. The van der Waals surface area contributed by atoms with Crippen molar-refractivity contribution in [3.8, 4) is 0 Å². The molecule has 1 unspecified atom stereocenters. The Kier molecular flexibility index (Phi) is 6.89. The molecule has 29 heavy (non-hydrogen) atoms. The molecule has 2 aromatic rings. The number of carbonyl (C=O) groups excluding carboxylic acids is 1. The number of methoxy groups -OCH3 is 1. The van der Waals surface area contributed by atoms with Gasteiger partial charge >= 0.3 is 5.97 Å². The van der Waals surface area contributed by atoms with Crippen LogP contribution in [0.4, 0.5) is 4.39 Å². The van der Waals surface area contributed by atoms with Crippen molar-refractivity contribution in [3.05, 3.63) is 64.4 Å². The Hall–Kier alpha value is -2.00. The number of benzene rings is 2. The molecule has 0 amide bonds. The second kappa shape index (κ2) is 9.21. The first-order valence-corrected chi connectivity index (χ1v) is 11.1. The van der Waals surface area contributed by atoms with Crippen molar-refractivity contribution in [2.45, 2.75) is 23.8 Å². The number of nitrogens with zero attached hydrogens (tertiary/aromatic N) is 1. The summed E-state index contributed by atoms with van der Waals surface area (Å²) in [6, 6.07) is 9.46. The third kappa shape index (κ3) is 4.95.